The predicted octanol–water partition coefficient (Wildman–Crippen LogP) is 4.88. The van der Waals surface area contributed by atoms with E-state index in [9.17, 15) is 0 Å². The van der Waals surface area contributed by atoms with Crippen molar-refractivity contribution in [2.24, 2.45) is 5.92 Å². The van der Waals surface area contributed by atoms with Gasteiger partial charge in [0.05, 0.1) is 11.4 Å². The lowest BCUT2D eigenvalue weighted by atomic mass is 9.99. The maximum absolute atomic E-state index is 4.71. The highest BCUT2D eigenvalue weighted by Crippen LogP contribution is 2.28. The van der Waals surface area contributed by atoms with Crippen LogP contribution in [0, 0.1) is 12.8 Å². The highest BCUT2D eigenvalue weighted by atomic mass is 32.1. The molecule has 4 rings (SSSR count). The van der Waals surface area contributed by atoms with Crippen LogP contribution in [0.4, 0.5) is 10.9 Å². The summed E-state index contributed by atoms with van der Waals surface area (Å²) in [5.74, 6) is 1.63. The molecule has 1 fully saturated rings. The van der Waals surface area contributed by atoms with Crippen LogP contribution in [-0.4, -0.2) is 32.9 Å². The number of nitrogens with zero attached hydrogens (tertiary/aromatic N) is 4. The first kappa shape index (κ1) is 18.1. The smallest absolute Gasteiger partial charge is 0.188 e. The van der Waals surface area contributed by atoms with Crippen LogP contribution in [0.5, 0.6) is 0 Å². The maximum atomic E-state index is 4.71. The average Bonchev–Trinajstić information content (AvgIpc) is 3.03. The zero-order valence-electron chi connectivity index (χ0n) is 15.9. The lowest BCUT2D eigenvalue weighted by Crippen LogP contribution is -2.32. The first-order valence-corrected chi connectivity index (χ1v) is 10.3. The predicted molar refractivity (Wildman–Crippen MR) is 111 cm³/mol. The van der Waals surface area contributed by atoms with Gasteiger partial charge in [-0.25, -0.2) is 15.0 Å². The number of rotatable bonds is 5. The maximum Gasteiger partial charge on any atom is 0.188 e. The van der Waals surface area contributed by atoms with E-state index in [-0.39, 0.29) is 0 Å². The molecule has 0 atom stereocenters. The third kappa shape index (κ3) is 4.51. The van der Waals surface area contributed by atoms with Gasteiger partial charge in [-0.1, -0.05) is 37.3 Å². The van der Waals surface area contributed by atoms with E-state index in [4.69, 9.17) is 4.98 Å². The molecular formula is C21H25N5S. The molecule has 27 heavy (non-hydrogen) atoms. The summed E-state index contributed by atoms with van der Waals surface area (Å²) in [6.07, 6.45) is 4.19. The Bertz CT molecular complexity index is 885. The molecule has 0 amide bonds. The summed E-state index contributed by atoms with van der Waals surface area (Å²) < 4.78 is 0. The van der Waals surface area contributed by atoms with Crippen molar-refractivity contribution in [3.05, 3.63) is 53.3 Å². The molecule has 5 nitrogen and oxygen atoms in total. The standard InChI is InChI=1S/C21H25N5S/c1-15-8-10-26(11-9-15)13-19-16(2)24-21(27-19)25-20-12-18(22-14-23-20)17-6-4-3-5-7-17/h3-7,12,14-15H,8-11,13H2,1-2H3,(H,22,23,24,25). The van der Waals surface area contributed by atoms with Gasteiger partial charge in [-0.05, 0) is 38.8 Å². The van der Waals surface area contributed by atoms with E-state index in [0.717, 1.165) is 40.4 Å². The third-order valence-corrected chi connectivity index (χ3v) is 6.17. The summed E-state index contributed by atoms with van der Waals surface area (Å²) in [4.78, 5) is 17.3. The molecule has 0 saturated carbocycles. The summed E-state index contributed by atoms with van der Waals surface area (Å²) in [6.45, 7) is 7.82. The minimum Gasteiger partial charge on any atom is -0.316 e. The van der Waals surface area contributed by atoms with E-state index in [2.05, 4.69) is 46.2 Å². The molecule has 1 aliphatic rings. The Morgan fingerprint density at radius 2 is 1.93 bits per heavy atom. The Balaban J connectivity index is 1.46. The summed E-state index contributed by atoms with van der Waals surface area (Å²) in [7, 11) is 0. The number of piperidine rings is 1. The van der Waals surface area contributed by atoms with Crippen molar-refractivity contribution in [1.29, 1.82) is 0 Å². The molecule has 0 spiro atoms. The molecule has 2 aromatic heterocycles. The zero-order valence-corrected chi connectivity index (χ0v) is 16.7. The van der Waals surface area contributed by atoms with Gasteiger partial charge in [0.15, 0.2) is 5.13 Å². The van der Waals surface area contributed by atoms with Crippen molar-refractivity contribution in [2.45, 2.75) is 33.2 Å². The minimum absolute atomic E-state index is 0.774. The molecule has 0 radical (unpaired) electrons. The molecular weight excluding hydrogens is 354 g/mol. The van der Waals surface area contributed by atoms with E-state index in [0.29, 0.717) is 0 Å². The monoisotopic (exact) mass is 379 g/mol. The number of hydrogen-bond acceptors (Lipinski definition) is 6. The number of nitrogens with one attached hydrogen (secondary N) is 1. The first-order valence-electron chi connectivity index (χ1n) is 9.50. The largest absolute Gasteiger partial charge is 0.316 e. The topological polar surface area (TPSA) is 53.9 Å². The molecule has 1 aromatic carbocycles. The number of aromatic nitrogens is 3. The summed E-state index contributed by atoms with van der Waals surface area (Å²) in [6, 6.07) is 12.1. The Kier molecular flexibility index (Phi) is 5.45. The normalized spacial score (nSPS) is 15.8. The highest BCUT2D eigenvalue weighted by molar-refractivity contribution is 7.15. The number of anilines is 2. The van der Waals surface area contributed by atoms with Crippen molar-refractivity contribution < 1.29 is 0 Å². The molecule has 140 valence electrons. The van der Waals surface area contributed by atoms with Crippen LogP contribution in [0.25, 0.3) is 11.3 Å². The molecule has 1 saturated heterocycles. The van der Waals surface area contributed by atoms with Crippen molar-refractivity contribution in [3.63, 3.8) is 0 Å². The summed E-state index contributed by atoms with van der Waals surface area (Å²) in [5.41, 5.74) is 3.10. The third-order valence-electron chi connectivity index (χ3n) is 5.11. The Morgan fingerprint density at radius 3 is 2.70 bits per heavy atom. The van der Waals surface area contributed by atoms with E-state index in [1.165, 1.54) is 30.8 Å². The van der Waals surface area contributed by atoms with Gasteiger partial charge in [0, 0.05) is 23.1 Å². The number of likely N-dealkylation sites (tertiary alicyclic amines) is 1. The molecule has 0 unspecified atom stereocenters. The SMILES string of the molecule is Cc1nc(Nc2cc(-c3ccccc3)ncn2)sc1CN1CCC(C)CC1. The van der Waals surface area contributed by atoms with Crippen LogP contribution < -0.4 is 5.32 Å². The van der Waals surface area contributed by atoms with Crippen LogP contribution in [-0.2, 0) is 6.54 Å². The van der Waals surface area contributed by atoms with Gasteiger partial charge < -0.3 is 5.32 Å². The Morgan fingerprint density at radius 1 is 1.15 bits per heavy atom. The van der Waals surface area contributed by atoms with Crippen molar-refractivity contribution in [2.75, 3.05) is 18.4 Å². The van der Waals surface area contributed by atoms with Crippen molar-refractivity contribution >= 4 is 22.3 Å². The molecule has 0 bridgehead atoms. The van der Waals surface area contributed by atoms with Gasteiger partial charge in [-0.2, -0.15) is 0 Å². The Hall–Kier alpha value is -2.31. The van der Waals surface area contributed by atoms with E-state index in [1.54, 1.807) is 17.7 Å². The second-order valence-electron chi connectivity index (χ2n) is 7.27. The average molecular weight is 380 g/mol. The zero-order chi connectivity index (χ0) is 18.6. The fourth-order valence-corrected chi connectivity index (χ4v) is 4.37. The van der Waals surface area contributed by atoms with Gasteiger partial charge >= 0.3 is 0 Å². The lowest BCUT2D eigenvalue weighted by Gasteiger charge is -2.29. The van der Waals surface area contributed by atoms with Crippen molar-refractivity contribution in [1.82, 2.24) is 19.9 Å². The molecule has 3 heterocycles. The minimum atomic E-state index is 0.774. The molecule has 0 aliphatic carbocycles. The number of benzene rings is 1. The highest BCUT2D eigenvalue weighted by Gasteiger charge is 2.18. The van der Waals surface area contributed by atoms with Gasteiger partial charge in [-0.3, -0.25) is 4.90 Å². The van der Waals surface area contributed by atoms with E-state index >= 15 is 0 Å². The van der Waals surface area contributed by atoms with Crippen LogP contribution >= 0.6 is 11.3 Å². The van der Waals surface area contributed by atoms with Gasteiger partial charge in [0.25, 0.3) is 0 Å². The van der Waals surface area contributed by atoms with Crippen molar-refractivity contribution in [3.8, 4) is 11.3 Å². The van der Waals surface area contributed by atoms with Crippen LogP contribution in [0.15, 0.2) is 42.7 Å². The summed E-state index contributed by atoms with van der Waals surface area (Å²) in [5, 5.41) is 4.25. The fraction of sp³-hybridized carbons (Fsp3) is 0.381. The number of thiazole rings is 1. The second-order valence-corrected chi connectivity index (χ2v) is 8.35. The van der Waals surface area contributed by atoms with Gasteiger partial charge in [0.1, 0.15) is 12.1 Å². The van der Waals surface area contributed by atoms with Gasteiger partial charge in [-0.15, -0.1) is 11.3 Å². The lowest BCUT2D eigenvalue weighted by molar-refractivity contribution is 0.186. The molecule has 1 N–H and O–H groups in total. The Labute approximate surface area is 164 Å². The van der Waals surface area contributed by atoms with E-state index < -0.39 is 0 Å². The number of aryl methyl sites for hydroxylation is 1. The fourth-order valence-electron chi connectivity index (χ4n) is 3.35. The van der Waals surface area contributed by atoms with Crippen LogP contribution in [0.1, 0.15) is 30.3 Å². The molecule has 6 heteroatoms. The van der Waals surface area contributed by atoms with Crippen LogP contribution in [0.3, 0.4) is 0 Å². The molecule has 1 aliphatic heterocycles. The van der Waals surface area contributed by atoms with E-state index in [1.807, 2.05) is 24.3 Å². The first-order chi connectivity index (χ1) is 13.2. The quantitative estimate of drug-likeness (QED) is 0.684. The van der Waals surface area contributed by atoms with Crippen LogP contribution in [0.2, 0.25) is 0 Å². The number of hydrogen-bond donors (Lipinski definition) is 1. The second kappa shape index (κ2) is 8.15. The summed E-state index contributed by atoms with van der Waals surface area (Å²) >= 11 is 1.73. The molecule has 3 aromatic rings. The van der Waals surface area contributed by atoms with Gasteiger partial charge in [0.2, 0.25) is 0 Å².